The van der Waals surface area contributed by atoms with Crippen molar-refractivity contribution >= 4 is 0 Å². The molecule has 25 heavy (non-hydrogen) atoms. The Balaban J connectivity index is 1.52. The van der Waals surface area contributed by atoms with E-state index in [1.807, 2.05) is 12.3 Å². The van der Waals surface area contributed by atoms with Crippen LogP contribution in [0.2, 0.25) is 0 Å². The van der Waals surface area contributed by atoms with Crippen LogP contribution in [0, 0.1) is 5.82 Å². The standard InChI is InChI=1S/C19H27FN4O/c1-23(2)10-11-25-18-6-8-24(9-7-18)14-16-13-21-22-19(16)15-4-3-5-17(20)12-15/h3-5,12-13,18H,6-11,14H2,1-2H3,(H,21,22). The molecule has 1 N–H and O–H groups in total. The van der Waals surface area contributed by atoms with E-state index in [9.17, 15) is 4.39 Å². The van der Waals surface area contributed by atoms with E-state index in [4.69, 9.17) is 4.74 Å². The topological polar surface area (TPSA) is 44.4 Å². The molecule has 0 radical (unpaired) electrons. The molecule has 1 aromatic heterocycles. The summed E-state index contributed by atoms with van der Waals surface area (Å²) in [5.41, 5.74) is 2.86. The van der Waals surface area contributed by atoms with E-state index in [2.05, 4.69) is 34.1 Å². The van der Waals surface area contributed by atoms with Crippen LogP contribution in [-0.4, -0.2) is 66.4 Å². The van der Waals surface area contributed by atoms with Gasteiger partial charge in [0, 0.05) is 37.3 Å². The number of likely N-dealkylation sites (N-methyl/N-ethyl adjacent to an activating group) is 1. The van der Waals surface area contributed by atoms with Crippen molar-refractivity contribution in [2.24, 2.45) is 0 Å². The molecule has 1 saturated heterocycles. The Morgan fingerprint density at radius 3 is 2.84 bits per heavy atom. The number of nitrogens with one attached hydrogen (secondary N) is 1. The molecule has 0 spiro atoms. The Kier molecular flexibility index (Phi) is 6.18. The summed E-state index contributed by atoms with van der Waals surface area (Å²) in [4.78, 5) is 4.56. The van der Waals surface area contributed by atoms with Crippen LogP contribution in [0.4, 0.5) is 4.39 Å². The number of nitrogens with zero attached hydrogens (tertiary/aromatic N) is 3. The molecular weight excluding hydrogens is 319 g/mol. The fourth-order valence-corrected chi connectivity index (χ4v) is 3.20. The third kappa shape index (κ3) is 5.11. The number of aromatic amines is 1. The van der Waals surface area contributed by atoms with Crippen molar-refractivity contribution in [1.82, 2.24) is 20.0 Å². The van der Waals surface area contributed by atoms with Gasteiger partial charge in [0.15, 0.2) is 0 Å². The van der Waals surface area contributed by atoms with E-state index < -0.39 is 0 Å². The van der Waals surface area contributed by atoms with E-state index in [1.54, 1.807) is 12.1 Å². The highest BCUT2D eigenvalue weighted by Gasteiger charge is 2.21. The normalized spacial score (nSPS) is 16.6. The lowest BCUT2D eigenvalue weighted by atomic mass is 10.0. The SMILES string of the molecule is CN(C)CCOC1CCN(Cc2cn[nH]c2-c2cccc(F)c2)CC1. The predicted molar refractivity (Wildman–Crippen MR) is 96.8 cm³/mol. The van der Waals surface area contributed by atoms with Gasteiger partial charge in [0.2, 0.25) is 0 Å². The van der Waals surface area contributed by atoms with Crippen molar-refractivity contribution < 1.29 is 9.13 Å². The number of benzene rings is 1. The van der Waals surface area contributed by atoms with E-state index in [0.717, 1.165) is 62.4 Å². The van der Waals surface area contributed by atoms with Gasteiger partial charge in [-0.15, -0.1) is 0 Å². The average molecular weight is 346 g/mol. The first-order chi connectivity index (χ1) is 12.1. The Morgan fingerprint density at radius 2 is 2.12 bits per heavy atom. The molecule has 1 aliphatic heterocycles. The largest absolute Gasteiger partial charge is 0.377 e. The van der Waals surface area contributed by atoms with Crippen LogP contribution in [0.15, 0.2) is 30.5 Å². The lowest BCUT2D eigenvalue weighted by Crippen LogP contribution is -2.37. The van der Waals surface area contributed by atoms with Crippen LogP contribution >= 0.6 is 0 Å². The monoisotopic (exact) mass is 346 g/mol. The zero-order chi connectivity index (χ0) is 17.6. The van der Waals surface area contributed by atoms with Gasteiger partial charge in [-0.25, -0.2) is 4.39 Å². The van der Waals surface area contributed by atoms with Gasteiger partial charge in [-0.3, -0.25) is 10.00 Å². The lowest BCUT2D eigenvalue weighted by Gasteiger charge is -2.32. The molecule has 0 aliphatic carbocycles. The highest BCUT2D eigenvalue weighted by atomic mass is 19.1. The number of rotatable bonds is 7. The van der Waals surface area contributed by atoms with Gasteiger partial charge in [0.25, 0.3) is 0 Å². The zero-order valence-corrected chi connectivity index (χ0v) is 15.0. The van der Waals surface area contributed by atoms with Crippen molar-refractivity contribution in [3.8, 4) is 11.3 Å². The first-order valence-corrected chi connectivity index (χ1v) is 8.88. The molecule has 0 atom stereocenters. The van der Waals surface area contributed by atoms with Gasteiger partial charge in [0.1, 0.15) is 5.82 Å². The minimum Gasteiger partial charge on any atom is -0.377 e. The van der Waals surface area contributed by atoms with E-state index in [0.29, 0.717) is 6.10 Å². The molecule has 0 bridgehead atoms. The molecule has 0 saturated carbocycles. The number of H-pyrrole nitrogens is 1. The highest BCUT2D eigenvalue weighted by Crippen LogP contribution is 2.24. The molecule has 2 aromatic rings. The Bertz CT molecular complexity index is 665. The van der Waals surface area contributed by atoms with E-state index >= 15 is 0 Å². The van der Waals surface area contributed by atoms with Crippen LogP contribution in [0.3, 0.4) is 0 Å². The molecule has 6 heteroatoms. The van der Waals surface area contributed by atoms with Gasteiger partial charge in [-0.2, -0.15) is 5.10 Å². The van der Waals surface area contributed by atoms with Crippen LogP contribution < -0.4 is 0 Å². The number of halogens is 1. The minimum atomic E-state index is -0.228. The summed E-state index contributed by atoms with van der Waals surface area (Å²) in [5.74, 6) is -0.228. The maximum Gasteiger partial charge on any atom is 0.123 e. The Labute approximate surface area is 148 Å². The molecule has 1 aromatic carbocycles. The first-order valence-electron chi connectivity index (χ1n) is 8.88. The maximum atomic E-state index is 13.5. The number of aromatic nitrogens is 2. The molecule has 1 aliphatic rings. The molecule has 5 nitrogen and oxygen atoms in total. The van der Waals surface area contributed by atoms with Crippen LogP contribution in [0.5, 0.6) is 0 Å². The molecule has 1 fully saturated rings. The second-order valence-corrected chi connectivity index (χ2v) is 6.93. The number of hydrogen-bond donors (Lipinski definition) is 1. The van der Waals surface area contributed by atoms with Gasteiger partial charge in [0.05, 0.1) is 24.6 Å². The van der Waals surface area contributed by atoms with Crippen LogP contribution in [-0.2, 0) is 11.3 Å². The fraction of sp³-hybridized carbons (Fsp3) is 0.526. The highest BCUT2D eigenvalue weighted by molar-refractivity contribution is 5.62. The van der Waals surface area contributed by atoms with E-state index in [1.165, 1.54) is 6.07 Å². The second-order valence-electron chi connectivity index (χ2n) is 6.93. The number of likely N-dealkylation sites (tertiary alicyclic amines) is 1. The number of ether oxygens (including phenoxy) is 1. The van der Waals surface area contributed by atoms with Gasteiger partial charge >= 0.3 is 0 Å². The Hall–Kier alpha value is -1.76. The quantitative estimate of drug-likeness (QED) is 0.837. The van der Waals surface area contributed by atoms with Crippen molar-refractivity contribution in [2.75, 3.05) is 40.3 Å². The van der Waals surface area contributed by atoms with Gasteiger partial charge in [-0.05, 0) is 39.1 Å². The smallest absolute Gasteiger partial charge is 0.123 e. The minimum absolute atomic E-state index is 0.228. The third-order valence-corrected chi connectivity index (χ3v) is 4.65. The maximum absolute atomic E-state index is 13.5. The first kappa shape index (κ1) is 18.0. The summed E-state index contributed by atoms with van der Waals surface area (Å²) in [6.45, 7) is 4.61. The number of piperidine rings is 1. The summed E-state index contributed by atoms with van der Waals surface area (Å²) in [7, 11) is 4.13. The Morgan fingerprint density at radius 1 is 1.32 bits per heavy atom. The molecular formula is C19H27FN4O. The second kappa shape index (κ2) is 8.56. The zero-order valence-electron chi connectivity index (χ0n) is 15.0. The summed E-state index contributed by atoms with van der Waals surface area (Å²) in [6.07, 6.45) is 4.32. The summed E-state index contributed by atoms with van der Waals surface area (Å²) >= 11 is 0. The van der Waals surface area contributed by atoms with E-state index in [-0.39, 0.29) is 5.82 Å². The van der Waals surface area contributed by atoms with Gasteiger partial charge in [-0.1, -0.05) is 12.1 Å². The molecule has 2 heterocycles. The molecule has 3 rings (SSSR count). The summed E-state index contributed by atoms with van der Waals surface area (Å²) in [5, 5.41) is 7.18. The molecule has 0 unspecified atom stereocenters. The number of hydrogen-bond acceptors (Lipinski definition) is 4. The van der Waals surface area contributed by atoms with Crippen molar-refractivity contribution in [2.45, 2.75) is 25.5 Å². The third-order valence-electron chi connectivity index (χ3n) is 4.65. The van der Waals surface area contributed by atoms with Crippen molar-refractivity contribution in [3.05, 3.63) is 41.8 Å². The summed E-state index contributed by atoms with van der Waals surface area (Å²) < 4.78 is 19.4. The van der Waals surface area contributed by atoms with Crippen molar-refractivity contribution in [1.29, 1.82) is 0 Å². The molecule has 136 valence electrons. The van der Waals surface area contributed by atoms with Crippen LogP contribution in [0.25, 0.3) is 11.3 Å². The van der Waals surface area contributed by atoms with Crippen LogP contribution in [0.1, 0.15) is 18.4 Å². The fourth-order valence-electron chi connectivity index (χ4n) is 3.20. The summed E-state index contributed by atoms with van der Waals surface area (Å²) in [6, 6.07) is 6.64. The lowest BCUT2D eigenvalue weighted by molar-refractivity contribution is 0.000809. The average Bonchev–Trinajstić information content (AvgIpc) is 3.04. The molecule has 0 amide bonds. The predicted octanol–water partition coefficient (Wildman–Crippen LogP) is 2.76. The van der Waals surface area contributed by atoms with Crippen molar-refractivity contribution in [3.63, 3.8) is 0 Å². The van der Waals surface area contributed by atoms with Gasteiger partial charge < -0.3 is 9.64 Å².